The molecule has 0 bridgehead atoms. The molecule has 32 heavy (non-hydrogen) atoms. The predicted octanol–water partition coefficient (Wildman–Crippen LogP) is 3.69. The average molecular weight is 482 g/mol. The summed E-state index contributed by atoms with van der Waals surface area (Å²) < 4.78 is 0. The number of carbonyl (C=O) groups is 2. The Morgan fingerprint density at radius 3 is 2.69 bits per heavy atom. The summed E-state index contributed by atoms with van der Waals surface area (Å²) in [6, 6.07) is 5.21. The van der Waals surface area contributed by atoms with E-state index in [4.69, 9.17) is 23.2 Å². The van der Waals surface area contributed by atoms with Gasteiger partial charge < -0.3 is 14.9 Å². The third-order valence-corrected chi connectivity index (χ3v) is 7.35. The van der Waals surface area contributed by atoms with E-state index >= 15 is 0 Å². The van der Waals surface area contributed by atoms with Crippen molar-refractivity contribution in [1.82, 2.24) is 14.7 Å². The van der Waals surface area contributed by atoms with Crippen molar-refractivity contribution in [3.8, 4) is 0 Å². The molecule has 0 aromatic heterocycles. The molecular weight excluding hydrogens is 449 g/mol. The number of rotatable bonds is 7. The minimum Gasteiger partial charge on any atom is -0.394 e. The van der Waals surface area contributed by atoms with Crippen LogP contribution in [0.1, 0.15) is 44.6 Å². The maximum Gasteiger partial charge on any atom is 0.246 e. The first-order valence-corrected chi connectivity index (χ1v) is 12.1. The van der Waals surface area contributed by atoms with E-state index < -0.39 is 0 Å². The fraction of sp³-hybridized carbons (Fsp3) is 0.583. The van der Waals surface area contributed by atoms with Gasteiger partial charge in [-0.1, -0.05) is 35.7 Å². The second-order valence-electron chi connectivity index (χ2n) is 8.92. The van der Waals surface area contributed by atoms with Gasteiger partial charge >= 0.3 is 0 Å². The first-order valence-electron chi connectivity index (χ1n) is 11.4. The fourth-order valence-corrected chi connectivity index (χ4v) is 4.77. The van der Waals surface area contributed by atoms with Gasteiger partial charge in [0.1, 0.15) is 0 Å². The van der Waals surface area contributed by atoms with Crippen LogP contribution in [0.4, 0.5) is 0 Å². The molecule has 0 spiro atoms. The highest BCUT2D eigenvalue weighted by Gasteiger charge is 2.33. The lowest BCUT2D eigenvalue weighted by Crippen LogP contribution is -2.52. The number of aliphatic hydroxyl groups is 1. The molecule has 1 atom stereocenters. The maximum atomic E-state index is 12.6. The van der Waals surface area contributed by atoms with E-state index in [9.17, 15) is 14.7 Å². The van der Waals surface area contributed by atoms with Crippen LogP contribution in [0.5, 0.6) is 0 Å². The van der Waals surface area contributed by atoms with E-state index in [0.29, 0.717) is 42.6 Å². The van der Waals surface area contributed by atoms with E-state index in [2.05, 4.69) is 11.8 Å². The SMILES string of the molecule is CC1(CO)CCCCN1CCCN1CCN(C(=O)/C=C/c2ccc(Cl)c(Cl)c2)CCC1=O. The van der Waals surface area contributed by atoms with E-state index in [1.807, 2.05) is 4.90 Å². The summed E-state index contributed by atoms with van der Waals surface area (Å²) in [5.74, 6) is -0.0184. The van der Waals surface area contributed by atoms with Crippen LogP contribution < -0.4 is 0 Å². The van der Waals surface area contributed by atoms with E-state index in [0.717, 1.165) is 44.3 Å². The Bertz CT molecular complexity index is 848. The molecular formula is C24H33Cl2N3O3. The second-order valence-corrected chi connectivity index (χ2v) is 9.73. The normalized spacial score (nSPS) is 23.1. The lowest BCUT2D eigenvalue weighted by atomic mass is 9.89. The molecule has 1 N–H and O–H groups in total. The molecule has 1 unspecified atom stereocenters. The first kappa shape index (κ1) is 25.0. The Morgan fingerprint density at radius 1 is 1.12 bits per heavy atom. The van der Waals surface area contributed by atoms with Crippen LogP contribution in [-0.4, -0.2) is 83.0 Å². The molecule has 6 nitrogen and oxygen atoms in total. The Balaban J connectivity index is 1.49. The first-order chi connectivity index (χ1) is 15.3. The molecule has 0 radical (unpaired) electrons. The lowest BCUT2D eigenvalue weighted by Gasteiger charge is -2.44. The smallest absolute Gasteiger partial charge is 0.246 e. The van der Waals surface area contributed by atoms with Gasteiger partial charge in [-0.3, -0.25) is 14.5 Å². The van der Waals surface area contributed by atoms with Crippen molar-refractivity contribution in [3.05, 3.63) is 39.9 Å². The largest absolute Gasteiger partial charge is 0.394 e. The Hall–Kier alpha value is -1.60. The van der Waals surface area contributed by atoms with Gasteiger partial charge in [0, 0.05) is 50.8 Å². The van der Waals surface area contributed by atoms with Crippen molar-refractivity contribution in [2.75, 3.05) is 45.9 Å². The summed E-state index contributed by atoms with van der Waals surface area (Å²) in [7, 11) is 0. The molecule has 2 amide bonds. The quantitative estimate of drug-likeness (QED) is 0.603. The molecule has 1 aromatic rings. The van der Waals surface area contributed by atoms with Crippen LogP contribution >= 0.6 is 23.2 Å². The highest BCUT2D eigenvalue weighted by atomic mass is 35.5. The number of nitrogens with zero attached hydrogens (tertiary/aromatic N) is 3. The van der Waals surface area contributed by atoms with Crippen LogP contribution in [0, 0.1) is 0 Å². The van der Waals surface area contributed by atoms with Gasteiger partial charge in [0.25, 0.3) is 0 Å². The van der Waals surface area contributed by atoms with E-state index in [1.165, 1.54) is 6.08 Å². The third kappa shape index (κ3) is 6.47. The molecule has 3 rings (SSSR count). The van der Waals surface area contributed by atoms with Gasteiger partial charge in [-0.15, -0.1) is 0 Å². The van der Waals surface area contributed by atoms with Crippen molar-refractivity contribution < 1.29 is 14.7 Å². The fourth-order valence-electron chi connectivity index (χ4n) is 4.46. The summed E-state index contributed by atoms with van der Waals surface area (Å²) in [6.45, 7) is 6.33. The number of carbonyl (C=O) groups excluding carboxylic acids is 2. The highest BCUT2D eigenvalue weighted by Crippen LogP contribution is 2.27. The van der Waals surface area contributed by atoms with Gasteiger partial charge in [-0.05, 0) is 56.5 Å². The standard InChI is InChI=1S/C24H33Cl2N3O3/c1-24(18-30)10-2-3-12-29(24)13-4-11-27-15-16-28(14-9-23(27)32)22(31)8-6-19-5-7-20(25)21(26)17-19/h5-8,17,30H,2-4,9-16,18H2,1H3/b8-6+. The number of amides is 2. The zero-order chi connectivity index (χ0) is 23.1. The van der Waals surface area contributed by atoms with Crippen LogP contribution in [0.15, 0.2) is 24.3 Å². The molecule has 176 valence electrons. The average Bonchev–Trinajstić information content (AvgIpc) is 2.97. The molecule has 8 heteroatoms. The van der Waals surface area contributed by atoms with E-state index in [1.54, 1.807) is 29.2 Å². The maximum absolute atomic E-state index is 12.6. The van der Waals surface area contributed by atoms with Crippen molar-refractivity contribution in [2.24, 2.45) is 0 Å². The second kappa shape index (κ2) is 11.5. The lowest BCUT2D eigenvalue weighted by molar-refractivity contribution is -0.130. The number of halogens is 2. The van der Waals surface area contributed by atoms with Crippen LogP contribution in [-0.2, 0) is 9.59 Å². The predicted molar refractivity (Wildman–Crippen MR) is 129 cm³/mol. The van der Waals surface area contributed by atoms with Gasteiger partial charge in [0.15, 0.2) is 0 Å². The molecule has 2 saturated heterocycles. The van der Waals surface area contributed by atoms with Crippen LogP contribution in [0.3, 0.4) is 0 Å². The summed E-state index contributed by atoms with van der Waals surface area (Å²) in [5, 5.41) is 10.7. The molecule has 1 aromatic carbocycles. The van der Waals surface area contributed by atoms with Crippen LogP contribution in [0.25, 0.3) is 6.08 Å². The highest BCUT2D eigenvalue weighted by molar-refractivity contribution is 6.42. The van der Waals surface area contributed by atoms with Gasteiger partial charge in [0.2, 0.25) is 11.8 Å². The molecule has 2 heterocycles. The molecule has 2 aliphatic heterocycles. The summed E-state index contributed by atoms with van der Waals surface area (Å²) in [4.78, 5) is 31.2. The minimum absolute atomic E-state index is 0.0947. The Morgan fingerprint density at radius 2 is 1.94 bits per heavy atom. The van der Waals surface area contributed by atoms with Crippen molar-refractivity contribution in [1.29, 1.82) is 0 Å². The zero-order valence-corrected chi connectivity index (χ0v) is 20.2. The molecule has 0 saturated carbocycles. The number of hydrogen-bond donors (Lipinski definition) is 1. The number of aliphatic hydroxyl groups excluding tert-OH is 1. The molecule has 0 aliphatic carbocycles. The third-order valence-electron chi connectivity index (χ3n) is 6.62. The van der Waals surface area contributed by atoms with Crippen LogP contribution in [0.2, 0.25) is 10.0 Å². The van der Waals surface area contributed by atoms with Crippen molar-refractivity contribution in [2.45, 2.75) is 44.6 Å². The zero-order valence-electron chi connectivity index (χ0n) is 18.7. The van der Waals surface area contributed by atoms with Gasteiger partial charge in [0.05, 0.1) is 16.7 Å². The van der Waals surface area contributed by atoms with Gasteiger partial charge in [-0.25, -0.2) is 0 Å². The molecule has 2 fully saturated rings. The van der Waals surface area contributed by atoms with E-state index in [-0.39, 0.29) is 24.0 Å². The Kier molecular flexibility index (Phi) is 9.00. The molecule has 2 aliphatic rings. The number of benzene rings is 1. The number of piperidine rings is 1. The summed E-state index contributed by atoms with van der Waals surface area (Å²) in [6.07, 6.45) is 7.76. The summed E-state index contributed by atoms with van der Waals surface area (Å²) >= 11 is 12.0. The van der Waals surface area contributed by atoms with Crippen molar-refractivity contribution >= 4 is 41.1 Å². The summed E-state index contributed by atoms with van der Waals surface area (Å²) in [5.41, 5.74) is 0.651. The number of likely N-dealkylation sites (tertiary alicyclic amines) is 1. The topological polar surface area (TPSA) is 64.1 Å². The minimum atomic E-state index is -0.148. The van der Waals surface area contributed by atoms with Crippen molar-refractivity contribution in [3.63, 3.8) is 0 Å². The monoisotopic (exact) mass is 481 g/mol. The van der Waals surface area contributed by atoms with Gasteiger partial charge in [-0.2, -0.15) is 0 Å². The number of hydrogen-bond acceptors (Lipinski definition) is 4. The Labute approximate surface area is 200 Å².